The number of furan rings is 1. The summed E-state index contributed by atoms with van der Waals surface area (Å²) in [4.78, 5) is 11.6. The average Bonchev–Trinajstić information content (AvgIpc) is 2.74. The molecule has 126 valence electrons. The Hall–Kier alpha value is -2.18. The third-order valence-corrected chi connectivity index (χ3v) is 2.94. The minimum atomic E-state index is -4.47. The number of hydrogen-bond donors (Lipinski definition) is 1. The molecule has 1 amide bonds. The molecule has 1 heterocycles. The number of ether oxygens (including phenoxy) is 1. The van der Waals surface area contributed by atoms with Crippen molar-refractivity contribution in [3.8, 4) is 0 Å². The Bertz CT molecular complexity index is 726. The normalized spacial score (nSPS) is 12.5. The van der Waals surface area contributed by atoms with E-state index in [2.05, 4.69) is 5.32 Å². The first-order valence-corrected chi connectivity index (χ1v) is 7.03. The van der Waals surface area contributed by atoms with E-state index in [0.717, 1.165) is 6.07 Å². The Morgan fingerprint density at radius 2 is 1.87 bits per heavy atom. The molecule has 7 heteroatoms. The highest BCUT2D eigenvalue weighted by molar-refractivity contribution is 5.83. The standard InChI is InChI=1S/C16H18F3NO3/c1-9-5-12(16(17,18)19)11-7-10(22-13(11)6-9)8-20-14(21)23-15(2,3)4/h5-7H,8H2,1-4H3,(H,20,21). The number of rotatable bonds is 2. The molecule has 0 aliphatic carbocycles. The average molecular weight is 329 g/mol. The van der Waals surface area contributed by atoms with E-state index < -0.39 is 23.4 Å². The molecule has 0 radical (unpaired) electrons. The number of halogens is 3. The van der Waals surface area contributed by atoms with E-state index in [4.69, 9.17) is 9.15 Å². The Labute approximate surface area is 131 Å². The van der Waals surface area contributed by atoms with E-state index in [-0.39, 0.29) is 23.3 Å². The Morgan fingerprint density at radius 3 is 2.43 bits per heavy atom. The van der Waals surface area contributed by atoms with Crippen LogP contribution in [0.3, 0.4) is 0 Å². The summed E-state index contributed by atoms with van der Waals surface area (Å²) in [5, 5.41) is 2.43. The molecule has 0 bridgehead atoms. The SMILES string of the molecule is Cc1cc(C(F)(F)F)c2cc(CNC(=O)OC(C)(C)C)oc2c1. The summed E-state index contributed by atoms with van der Waals surface area (Å²) in [5.41, 5.74) is -0.817. The molecule has 0 fully saturated rings. The van der Waals surface area contributed by atoms with Gasteiger partial charge in [-0.2, -0.15) is 13.2 Å². The molecule has 2 rings (SSSR count). The van der Waals surface area contributed by atoms with Crippen molar-refractivity contribution in [2.24, 2.45) is 0 Å². The van der Waals surface area contributed by atoms with E-state index in [1.807, 2.05) is 0 Å². The molecule has 0 saturated carbocycles. The second-order valence-corrected chi connectivity index (χ2v) is 6.29. The third kappa shape index (κ3) is 4.40. The molecular weight excluding hydrogens is 311 g/mol. The highest BCUT2D eigenvalue weighted by Gasteiger charge is 2.33. The lowest BCUT2D eigenvalue weighted by Crippen LogP contribution is -2.32. The summed E-state index contributed by atoms with van der Waals surface area (Å²) >= 11 is 0. The van der Waals surface area contributed by atoms with Crippen LogP contribution in [0.1, 0.15) is 37.7 Å². The van der Waals surface area contributed by atoms with Crippen LogP contribution in [0.15, 0.2) is 22.6 Å². The van der Waals surface area contributed by atoms with E-state index in [1.165, 1.54) is 12.1 Å². The molecular formula is C16H18F3NO3. The maximum atomic E-state index is 13.1. The molecule has 1 aromatic carbocycles. The van der Waals surface area contributed by atoms with Gasteiger partial charge in [0.15, 0.2) is 0 Å². The van der Waals surface area contributed by atoms with Crippen LogP contribution in [0.25, 0.3) is 11.0 Å². The van der Waals surface area contributed by atoms with Gasteiger partial charge in [-0.1, -0.05) is 0 Å². The van der Waals surface area contributed by atoms with Crippen LogP contribution in [0, 0.1) is 6.92 Å². The summed E-state index contributed by atoms with van der Waals surface area (Å²) in [6, 6.07) is 3.89. The number of benzene rings is 1. The number of aryl methyl sites for hydroxylation is 1. The first-order valence-electron chi connectivity index (χ1n) is 7.03. The number of amides is 1. The van der Waals surface area contributed by atoms with E-state index in [0.29, 0.717) is 5.56 Å². The summed E-state index contributed by atoms with van der Waals surface area (Å²) in [6.07, 6.45) is -5.13. The van der Waals surface area contributed by atoms with Crippen LogP contribution < -0.4 is 5.32 Å². The number of alkyl carbamates (subject to hydrolysis) is 1. The number of fused-ring (bicyclic) bond motifs is 1. The molecule has 0 spiro atoms. The molecule has 0 atom stereocenters. The predicted octanol–water partition coefficient (Wildman–Crippen LogP) is 4.78. The van der Waals surface area contributed by atoms with Crippen molar-refractivity contribution < 1.29 is 27.1 Å². The molecule has 0 aliphatic rings. The molecule has 0 unspecified atom stereocenters. The van der Waals surface area contributed by atoms with Crippen LogP contribution in [0.5, 0.6) is 0 Å². The van der Waals surface area contributed by atoms with E-state index in [9.17, 15) is 18.0 Å². The van der Waals surface area contributed by atoms with Crippen LogP contribution in [0.4, 0.5) is 18.0 Å². The van der Waals surface area contributed by atoms with E-state index >= 15 is 0 Å². The quantitative estimate of drug-likeness (QED) is 0.862. The third-order valence-electron chi connectivity index (χ3n) is 2.94. The van der Waals surface area contributed by atoms with Gasteiger partial charge in [0.1, 0.15) is 16.9 Å². The maximum Gasteiger partial charge on any atom is 0.417 e. The Morgan fingerprint density at radius 1 is 1.22 bits per heavy atom. The van der Waals surface area contributed by atoms with Gasteiger partial charge in [0.2, 0.25) is 0 Å². The largest absolute Gasteiger partial charge is 0.459 e. The summed E-state index contributed by atoms with van der Waals surface area (Å²) in [7, 11) is 0. The number of alkyl halides is 3. The zero-order valence-electron chi connectivity index (χ0n) is 13.3. The second-order valence-electron chi connectivity index (χ2n) is 6.29. The molecule has 0 aliphatic heterocycles. The van der Waals surface area contributed by atoms with Crippen LogP contribution >= 0.6 is 0 Å². The van der Waals surface area contributed by atoms with Gasteiger partial charge in [-0.25, -0.2) is 4.79 Å². The van der Waals surface area contributed by atoms with Crippen LogP contribution in [-0.2, 0) is 17.5 Å². The number of nitrogens with one attached hydrogen (secondary N) is 1. The summed E-state index contributed by atoms with van der Waals surface area (Å²) in [6.45, 7) is 6.65. The van der Waals surface area contributed by atoms with Crippen molar-refractivity contribution >= 4 is 17.1 Å². The fourth-order valence-corrected chi connectivity index (χ4v) is 2.12. The molecule has 1 aromatic heterocycles. The number of carbonyl (C=O) groups excluding carboxylic acids is 1. The second kappa shape index (κ2) is 5.79. The zero-order chi connectivity index (χ0) is 17.4. The maximum absolute atomic E-state index is 13.1. The highest BCUT2D eigenvalue weighted by Crippen LogP contribution is 2.37. The van der Waals surface area contributed by atoms with Gasteiger partial charge < -0.3 is 14.5 Å². The topological polar surface area (TPSA) is 51.5 Å². The van der Waals surface area contributed by atoms with Crippen molar-refractivity contribution in [3.63, 3.8) is 0 Å². The van der Waals surface area contributed by atoms with Crippen molar-refractivity contribution in [1.29, 1.82) is 0 Å². The highest BCUT2D eigenvalue weighted by atomic mass is 19.4. The van der Waals surface area contributed by atoms with Gasteiger partial charge in [-0.05, 0) is 51.5 Å². The van der Waals surface area contributed by atoms with E-state index in [1.54, 1.807) is 27.7 Å². The Balaban J connectivity index is 2.22. The number of hydrogen-bond acceptors (Lipinski definition) is 3. The first kappa shape index (κ1) is 17.2. The lowest BCUT2D eigenvalue weighted by atomic mass is 10.1. The zero-order valence-corrected chi connectivity index (χ0v) is 13.3. The Kier molecular flexibility index (Phi) is 4.32. The van der Waals surface area contributed by atoms with Gasteiger partial charge in [0.25, 0.3) is 0 Å². The first-order chi connectivity index (χ1) is 10.5. The fourth-order valence-electron chi connectivity index (χ4n) is 2.12. The molecule has 4 nitrogen and oxygen atoms in total. The van der Waals surface area contributed by atoms with Crippen LogP contribution in [0.2, 0.25) is 0 Å². The van der Waals surface area contributed by atoms with Gasteiger partial charge in [0.05, 0.1) is 12.1 Å². The molecule has 2 aromatic rings. The smallest absolute Gasteiger partial charge is 0.417 e. The van der Waals surface area contributed by atoms with Crippen molar-refractivity contribution in [3.05, 3.63) is 35.1 Å². The van der Waals surface area contributed by atoms with Gasteiger partial charge >= 0.3 is 12.3 Å². The monoisotopic (exact) mass is 329 g/mol. The molecule has 1 N–H and O–H groups in total. The van der Waals surface area contributed by atoms with Crippen molar-refractivity contribution in [1.82, 2.24) is 5.32 Å². The summed E-state index contributed by atoms with van der Waals surface area (Å²) < 4.78 is 49.7. The van der Waals surface area contributed by atoms with Crippen molar-refractivity contribution in [2.75, 3.05) is 0 Å². The molecule has 0 saturated heterocycles. The lowest BCUT2D eigenvalue weighted by molar-refractivity contribution is -0.136. The minimum absolute atomic E-state index is 0.0240. The lowest BCUT2D eigenvalue weighted by Gasteiger charge is -2.19. The van der Waals surface area contributed by atoms with Crippen molar-refractivity contribution in [2.45, 2.75) is 46.0 Å². The van der Waals surface area contributed by atoms with Gasteiger partial charge in [-0.15, -0.1) is 0 Å². The molecule has 23 heavy (non-hydrogen) atoms. The van der Waals surface area contributed by atoms with Gasteiger partial charge in [0, 0.05) is 5.39 Å². The van der Waals surface area contributed by atoms with Gasteiger partial charge in [-0.3, -0.25) is 0 Å². The fraction of sp³-hybridized carbons (Fsp3) is 0.438. The number of carbonyl (C=O) groups is 1. The minimum Gasteiger partial charge on any atom is -0.459 e. The summed E-state index contributed by atoms with van der Waals surface area (Å²) in [5.74, 6) is 0.224. The predicted molar refractivity (Wildman–Crippen MR) is 79.0 cm³/mol. The van der Waals surface area contributed by atoms with Crippen LogP contribution in [-0.4, -0.2) is 11.7 Å².